The number of nitrogens with zero attached hydrogens (tertiary/aromatic N) is 4. The second-order valence-corrected chi connectivity index (χ2v) is 18.7. The van der Waals surface area contributed by atoms with Gasteiger partial charge in [-0.1, -0.05) is 231 Å². The summed E-state index contributed by atoms with van der Waals surface area (Å²) >= 11 is 0. The molecule has 0 aliphatic heterocycles. The van der Waals surface area contributed by atoms with E-state index in [1.165, 1.54) is 43.8 Å². The molecule has 4 heteroatoms. The zero-order valence-electron chi connectivity index (χ0n) is 39.7. The van der Waals surface area contributed by atoms with Crippen LogP contribution >= 0.6 is 0 Å². The summed E-state index contributed by atoms with van der Waals surface area (Å²) < 4.78 is 2.29. The van der Waals surface area contributed by atoms with Crippen LogP contribution in [0.5, 0.6) is 0 Å². The Morgan fingerprint density at radius 3 is 1.12 bits per heavy atom. The summed E-state index contributed by atoms with van der Waals surface area (Å²) in [4.78, 5) is 16.3. The van der Waals surface area contributed by atoms with Crippen LogP contribution in [0.2, 0.25) is 0 Å². The second-order valence-electron chi connectivity index (χ2n) is 18.7. The van der Waals surface area contributed by atoms with Gasteiger partial charge in [0.05, 0.1) is 33.5 Å². The summed E-state index contributed by atoms with van der Waals surface area (Å²) in [6.45, 7) is 0. The maximum Gasteiger partial charge on any atom is 0.145 e. The first-order chi connectivity index (χ1) is 36.2. The fraction of sp³-hybridized carbons (Fsp3) is 0. The number of para-hydroxylation sites is 2. The average molecular weight is 929 g/mol. The monoisotopic (exact) mass is 928 g/mol. The Kier molecular flexibility index (Phi) is 10.1. The van der Waals surface area contributed by atoms with Crippen molar-refractivity contribution in [1.82, 2.24) is 19.5 Å². The van der Waals surface area contributed by atoms with Gasteiger partial charge in [-0.3, -0.25) is 4.57 Å². The molecule has 0 bridgehead atoms. The van der Waals surface area contributed by atoms with Crippen molar-refractivity contribution in [3.8, 4) is 84.1 Å². The van der Waals surface area contributed by atoms with Crippen LogP contribution in [0.3, 0.4) is 0 Å². The molecule has 0 saturated carbocycles. The minimum absolute atomic E-state index is 0.867. The van der Waals surface area contributed by atoms with Gasteiger partial charge < -0.3 is 0 Å². The van der Waals surface area contributed by atoms with Crippen molar-refractivity contribution in [2.75, 3.05) is 0 Å². The van der Waals surface area contributed by atoms with Gasteiger partial charge in [0.15, 0.2) is 0 Å². The number of imidazole rings is 1. The van der Waals surface area contributed by atoms with Crippen LogP contribution in [0.4, 0.5) is 0 Å². The van der Waals surface area contributed by atoms with E-state index < -0.39 is 0 Å². The molecule has 11 aromatic carbocycles. The molecule has 0 amide bonds. The normalized spacial score (nSPS) is 11.6. The molecule has 0 unspecified atom stereocenters. The standard InChI is InChI=1S/C69H44N4/c1-5-19-45(20-6-1)59-43-62(47-23-9-3-10-24-47)70-67-57(59)41-42-58-60(46-21-7-2-8-22-46)44-63(71-68(58)67)48-33-35-51(36-34-48)69-72-61-31-17-18-32-64(61)73(69)52-39-37-50(38-40-52)66-55-29-15-13-27-53(55)65(49-25-11-4-12-26-49)54-28-14-16-30-56(54)66/h1-44H. The first-order valence-corrected chi connectivity index (χ1v) is 24.8. The van der Waals surface area contributed by atoms with Gasteiger partial charge in [0, 0.05) is 33.2 Å². The molecule has 0 saturated heterocycles. The average Bonchev–Trinajstić information content (AvgIpc) is 3.87. The highest BCUT2D eigenvalue weighted by Crippen LogP contribution is 2.45. The third kappa shape index (κ3) is 7.27. The van der Waals surface area contributed by atoms with Gasteiger partial charge in [-0.25, -0.2) is 15.0 Å². The SMILES string of the molecule is c1ccc(-c2cc(-c3ccccc3)c3ccc4c(-c5ccccc5)cc(-c5ccc(-c6nc7ccccc7n6-c6ccc(-c7c8ccccc8c(-c8ccccc8)c8ccccc78)cc6)cc5)nc4c3n2)cc1. The third-order valence-corrected chi connectivity index (χ3v) is 14.4. The maximum absolute atomic E-state index is 5.54. The summed E-state index contributed by atoms with van der Waals surface area (Å²) in [5.74, 6) is 0.872. The molecule has 73 heavy (non-hydrogen) atoms. The van der Waals surface area contributed by atoms with Crippen LogP contribution < -0.4 is 0 Å². The Morgan fingerprint density at radius 1 is 0.260 bits per heavy atom. The van der Waals surface area contributed by atoms with Crippen molar-refractivity contribution >= 4 is 54.4 Å². The lowest BCUT2D eigenvalue weighted by atomic mass is 9.86. The van der Waals surface area contributed by atoms with Gasteiger partial charge in [0.1, 0.15) is 5.82 Å². The molecule has 14 aromatic rings. The van der Waals surface area contributed by atoms with E-state index in [0.717, 1.165) is 94.7 Å². The van der Waals surface area contributed by atoms with E-state index in [2.05, 4.69) is 265 Å². The molecule has 340 valence electrons. The maximum atomic E-state index is 5.54. The van der Waals surface area contributed by atoms with Crippen LogP contribution in [0.1, 0.15) is 0 Å². The van der Waals surface area contributed by atoms with Crippen molar-refractivity contribution in [1.29, 1.82) is 0 Å². The molecule has 3 heterocycles. The van der Waals surface area contributed by atoms with Gasteiger partial charge in [0.2, 0.25) is 0 Å². The van der Waals surface area contributed by atoms with Gasteiger partial charge in [-0.05, 0) is 102 Å². The van der Waals surface area contributed by atoms with E-state index in [1.807, 2.05) is 6.07 Å². The predicted molar refractivity (Wildman–Crippen MR) is 305 cm³/mol. The van der Waals surface area contributed by atoms with E-state index in [4.69, 9.17) is 15.0 Å². The Morgan fingerprint density at radius 2 is 0.630 bits per heavy atom. The van der Waals surface area contributed by atoms with Gasteiger partial charge in [-0.2, -0.15) is 0 Å². The van der Waals surface area contributed by atoms with Crippen LogP contribution in [0, 0.1) is 0 Å². The molecule has 0 aliphatic carbocycles. The molecule has 0 N–H and O–H groups in total. The fourth-order valence-electron chi connectivity index (χ4n) is 11.0. The van der Waals surface area contributed by atoms with E-state index >= 15 is 0 Å². The van der Waals surface area contributed by atoms with E-state index in [0.29, 0.717) is 0 Å². The van der Waals surface area contributed by atoms with E-state index in [1.54, 1.807) is 0 Å². The molecule has 0 radical (unpaired) electrons. The number of benzene rings is 11. The first kappa shape index (κ1) is 42.1. The van der Waals surface area contributed by atoms with Crippen molar-refractivity contribution in [3.05, 3.63) is 267 Å². The zero-order valence-corrected chi connectivity index (χ0v) is 39.7. The molecular weight excluding hydrogens is 885 g/mol. The highest BCUT2D eigenvalue weighted by Gasteiger charge is 2.21. The predicted octanol–water partition coefficient (Wildman–Crippen LogP) is 18.1. The Labute approximate surface area is 422 Å². The molecule has 0 atom stereocenters. The van der Waals surface area contributed by atoms with Gasteiger partial charge >= 0.3 is 0 Å². The summed E-state index contributed by atoms with van der Waals surface area (Å²) in [5, 5.41) is 7.07. The summed E-state index contributed by atoms with van der Waals surface area (Å²) in [6.07, 6.45) is 0. The number of hydrogen-bond donors (Lipinski definition) is 0. The van der Waals surface area contributed by atoms with Crippen LogP contribution in [-0.2, 0) is 0 Å². The van der Waals surface area contributed by atoms with Crippen LogP contribution in [0.25, 0.3) is 138 Å². The molecule has 3 aromatic heterocycles. The van der Waals surface area contributed by atoms with Crippen molar-refractivity contribution in [2.45, 2.75) is 0 Å². The Balaban J connectivity index is 0.898. The summed E-state index contributed by atoms with van der Waals surface area (Å²) in [7, 11) is 0. The molecule has 14 rings (SSSR count). The summed E-state index contributed by atoms with van der Waals surface area (Å²) in [6, 6.07) is 95.2. The quantitative estimate of drug-likeness (QED) is 0.113. The third-order valence-electron chi connectivity index (χ3n) is 14.4. The number of aromatic nitrogens is 4. The van der Waals surface area contributed by atoms with Gasteiger partial charge in [0.25, 0.3) is 0 Å². The fourth-order valence-corrected chi connectivity index (χ4v) is 11.0. The van der Waals surface area contributed by atoms with Crippen LogP contribution in [0.15, 0.2) is 267 Å². The second kappa shape index (κ2) is 17.6. The molecular formula is C69H44N4. The van der Waals surface area contributed by atoms with Crippen molar-refractivity contribution in [3.63, 3.8) is 0 Å². The van der Waals surface area contributed by atoms with Crippen molar-refractivity contribution < 1.29 is 0 Å². The van der Waals surface area contributed by atoms with Crippen molar-refractivity contribution in [2.24, 2.45) is 0 Å². The molecule has 0 spiro atoms. The number of rotatable bonds is 8. The van der Waals surface area contributed by atoms with E-state index in [9.17, 15) is 0 Å². The minimum atomic E-state index is 0.867. The lowest BCUT2D eigenvalue weighted by Crippen LogP contribution is -1.98. The number of hydrogen-bond acceptors (Lipinski definition) is 3. The largest absolute Gasteiger partial charge is 0.292 e. The topological polar surface area (TPSA) is 43.6 Å². The Bertz CT molecular complexity index is 4320. The van der Waals surface area contributed by atoms with Gasteiger partial charge in [-0.15, -0.1) is 0 Å². The zero-order chi connectivity index (χ0) is 48.2. The minimum Gasteiger partial charge on any atom is -0.292 e. The lowest BCUT2D eigenvalue weighted by Gasteiger charge is -2.18. The van der Waals surface area contributed by atoms with E-state index in [-0.39, 0.29) is 0 Å². The highest BCUT2D eigenvalue weighted by atomic mass is 15.1. The number of pyridine rings is 2. The Hall–Kier alpha value is -9.77. The number of fused-ring (bicyclic) bond motifs is 6. The smallest absolute Gasteiger partial charge is 0.145 e. The molecule has 0 fully saturated rings. The van der Waals surface area contributed by atoms with Crippen LogP contribution in [-0.4, -0.2) is 19.5 Å². The first-order valence-electron chi connectivity index (χ1n) is 24.8. The highest BCUT2D eigenvalue weighted by molar-refractivity contribution is 6.21. The lowest BCUT2D eigenvalue weighted by molar-refractivity contribution is 1.10. The molecule has 0 aliphatic rings. The molecule has 4 nitrogen and oxygen atoms in total. The summed E-state index contributed by atoms with van der Waals surface area (Å²) in [5.41, 5.74) is 19.0.